The number of carbonyl (C=O) groups is 1. The number of carbonyl (C=O) groups excluding carboxylic acids is 1. The van der Waals surface area contributed by atoms with E-state index in [9.17, 15) is 4.79 Å². The van der Waals surface area contributed by atoms with Crippen molar-refractivity contribution in [3.05, 3.63) is 22.2 Å². The number of rotatable bonds is 1. The van der Waals surface area contributed by atoms with Gasteiger partial charge in [-0.1, -0.05) is 29.8 Å². The lowest BCUT2D eigenvalue weighted by atomic mass is 10.0. The number of halogens is 1. The monoisotopic (exact) mass is 269 g/mol. The SMILES string of the molecule is CC(C)c1cc(Br)cc2c1OCC(=O)N2. The maximum absolute atomic E-state index is 11.2. The number of fused-ring (bicyclic) bond motifs is 1. The third kappa shape index (κ3) is 2.00. The number of amides is 1. The molecule has 2 rings (SSSR count). The summed E-state index contributed by atoms with van der Waals surface area (Å²) in [5.41, 5.74) is 1.86. The number of hydrogen-bond acceptors (Lipinski definition) is 2. The Morgan fingerprint density at radius 1 is 1.47 bits per heavy atom. The molecule has 0 unspecified atom stereocenters. The fourth-order valence-corrected chi connectivity index (χ4v) is 2.10. The van der Waals surface area contributed by atoms with Gasteiger partial charge in [-0.3, -0.25) is 4.79 Å². The molecule has 1 aromatic carbocycles. The molecule has 0 saturated heterocycles. The van der Waals surface area contributed by atoms with Gasteiger partial charge in [0.05, 0.1) is 5.69 Å². The molecule has 0 fully saturated rings. The predicted octanol–water partition coefficient (Wildman–Crippen LogP) is 2.90. The van der Waals surface area contributed by atoms with Gasteiger partial charge in [-0.05, 0) is 23.6 Å². The molecule has 1 aliphatic rings. The van der Waals surface area contributed by atoms with Crippen molar-refractivity contribution >= 4 is 27.5 Å². The molecule has 1 aromatic rings. The molecular formula is C11H12BrNO2. The van der Waals surface area contributed by atoms with Crippen LogP contribution in [-0.4, -0.2) is 12.5 Å². The molecule has 80 valence electrons. The van der Waals surface area contributed by atoms with Crippen LogP contribution >= 0.6 is 15.9 Å². The second kappa shape index (κ2) is 3.85. The Labute approximate surface area is 96.9 Å². The van der Waals surface area contributed by atoms with E-state index >= 15 is 0 Å². The van der Waals surface area contributed by atoms with E-state index in [0.717, 1.165) is 21.5 Å². The Bertz CT molecular complexity index is 415. The van der Waals surface area contributed by atoms with E-state index in [1.54, 1.807) is 0 Å². The topological polar surface area (TPSA) is 38.3 Å². The van der Waals surface area contributed by atoms with Crippen molar-refractivity contribution in [2.75, 3.05) is 11.9 Å². The van der Waals surface area contributed by atoms with Gasteiger partial charge in [0.15, 0.2) is 6.61 Å². The Balaban J connectivity index is 2.53. The zero-order valence-corrected chi connectivity index (χ0v) is 10.2. The molecule has 0 bridgehead atoms. The molecule has 1 amide bonds. The van der Waals surface area contributed by atoms with Crippen molar-refractivity contribution in [2.24, 2.45) is 0 Å². The van der Waals surface area contributed by atoms with Crippen LogP contribution in [0.4, 0.5) is 5.69 Å². The highest BCUT2D eigenvalue weighted by atomic mass is 79.9. The average molecular weight is 270 g/mol. The molecule has 0 aliphatic carbocycles. The first-order valence-corrected chi connectivity index (χ1v) is 5.63. The fraction of sp³-hybridized carbons (Fsp3) is 0.364. The third-order valence-corrected chi connectivity index (χ3v) is 2.78. The first-order chi connectivity index (χ1) is 7.08. The Morgan fingerprint density at radius 2 is 2.20 bits per heavy atom. The Hall–Kier alpha value is -1.03. The van der Waals surface area contributed by atoms with E-state index in [2.05, 4.69) is 35.1 Å². The van der Waals surface area contributed by atoms with Crippen LogP contribution in [0.5, 0.6) is 5.75 Å². The maximum atomic E-state index is 11.2. The summed E-state index contributed by atoms with van der Waals surface area (Å²) in [4.78, 5) is 11.2. The molecule has 1 aliphatic heterocycles. The van der Waals surface area contributed by atoms with Gasteiger partial charge in [0.1, 0.15) is 5.75 Å². The van der Waals surface area contributed by atoms with Gasteiger partial charge < -0.3 is 10.1 Å². The third-order valence-electron chi connectivity index (χ3n) is 2.33. The lowest BCUT2D eigenvalue weighted by molar-refractivity contribution is -0.118. The highest BCUT2D eigenvalue weighted by molar-refractivity contribution is 9.10. The van der Waals surface area contributed by atoms with Crippen molar-refractivity contribution in [1.82, 2.24) is 0 Å². The number of anilines is 1. The maximum Gasteiger partial charge on any atom is 0.262 e. The molecule has 1 heterocycles. The van der Waals surface area contributed by atoms with Gasteiger partial charge in [0.25, 0.3) is 5.91 Å². The number of nitrogens with one attached hydrogen (secondary N) is 1. The van der Waals surface area contributed by atoms with E-state index in [1.807, 2.05) is 12.1 Å². The highest BCUT2D eigenvalue weighted by Gasteiger charge is 2.21. The summed E-state index contributed by atoms with van der Waals surface area (Å²) in [5.74, 6) is 1.06. The number of hydrogen-bond donors (Lipinski definition) is 1. The molecule has 0 spiro atoms. The van der Waals surface area contributed by atoms with Crippen LogP contribution in [-0.2, 0) is 4.79 Å². The lowest BCUT2D eigenvalue weighted by Gasteiger charge is -2.22. The van der Waals surface area contributed by atoms with Gasteiger partial charge in [-0.15, -0.1) is 0 Å². The van der Waals surface area contributed by atoms with Crippen LogP contribution in [0.2, 0.25) is 0 Å². The zero-order valence-electron chi connectivity index (χ0n) is 8.63. The van der Waals surface area contributed by atoms with Gasteiger partial charge >= 0.3 is 0 Å². The smallest absolute Gasteiger partial charge is 0.262 e. The van der Waals surface area contributed by atoms with Gasteiger partial charge in [-0.25, -0.2) is 0 Å². The van der Waals surface area contributed by atoms with Crippen molar-refractivity contribution in [2.45, 2.75) is 19.8 Å². The number of benzene rings is 1. The van der Waals surface area contributed by atoms with E-state index < -0.39 is 0 Å². The fourth-order valence-electron chi connectivity index (χ4n) is 1.62. The van der Waals surface area contributed by atoms with E-state index in [1.165, 1.54) is 0 Å². The van der Waals surface area contributed by atoms with Crippen LogP contribution in [0.25, 0.3) is 0 Å². The first-order valence-electron chi connectivity index (χ1n) is 4.84. The molecule has 15 heavy (non-hydrogen) atoms. The second-order valence-corrected chi connectivity index (χ2v) is 4.78. The second-order valence-electron chi connectivity index (χ2n) is 3.86. The minimum Gasteiger partial charge on any atom is -0.481 e. The van der Waals surface area contributed by atoms with E-state index in [-0.39, 0.29) is 12.5 Å². The Kier molecular flexibility index (Phi) is 2.69. The summed E-state index contributed by atoms with van der Waals surface area (Å²) in [6.45, 7) is 4.30. The summed E-state index contributed by atoms with van der Waals surface area (Å²) in [7, 11) is 0. The Morgan fingerprint density at radius 3 is 2.87 bits per heavy atom. The van der Waals surface area contributed by atoms with Crippen molar-refractivity contribution in [3.8, 4) is 5.75 Å². The normalized spacial score (nSPS) is 14.5. The highest BCUT2D eigenvalue weighted by Crippen LogP contribution is 2.38. The van der Waals surface area contributed by atoms with Crippen LogP contribution < -0.4 is 10.1 Å². The molecule has 0 aromatic heterocycles. The minimum atomic E-state index is -0.102. The van der Waals surface area contributed by atoms with Crippen molar-refractivity contribution in [3.63, 3.8) is 0 Å². The molecule has 3 nitrogen and oxygen atoms in total. The van der Waals surface area contributed by atoms with Gasteiger partial charge in [0.2, 0.25) is 0 Å². The summed E-state index contributed by atoms with van der Waals surface area (Å²) < 4.78 is 6.40. The van der Waals surface area contributed by atoms with Gasteiger partial charge in [-0.2, -0.15) is 0 Å². The predicted molar refractivity (Wildman–Crippen MR) is 62.4 cm³/mol. The van der Waals surface area contributed by atoms with Gasteiger partial charge in [0, 0.05) is 4.47 Å². The molecular weight excluding hydrogens is 258 g/mol. The molecule has 4 heteroatoms. The summed E-state index contributed by atoms with van der Waals surface area (Å²) in [5, 5.41) is 2.80. The lowest BCUT2D eigenvalue weighted by Crippen LogP contribution is -2.26. The van der Waals surface area contributed by atoms with Crippen LogP contribution in [0.1, 0.15) is 25.3 Å². The van der Waals surface area contributed by atoms with Crippen molar-refractivity contribution in [1.29, 1.82) is 0 Å². The molecule has 0 radical (unpaired) electrons. The largest absolute Gasteiger partial charge is 0.481 e. The standard InChI is InChI=1S/C11H12BrNO2/c1-6(2)8-3-7(12)4-9-11(8)15-5-10(14)13-9/h3-4,6H,5H2,1-2H3,(H,13,14). The van der Waals surface area contributed by atoms with Crippen molar-refractivity contribution < 1.29 is 9.53 Å². The summed E-state index contributed by atoms with van der Waals surface area (Å²) in [6.07, 6.45) is 0. The van der Waals surface area contributed by atoms with Crippen LogP contribution in [0, 0.1) is 0 Å². The molecule has 1 N–H and O–H groups in total. The quantitative estimate of drug-likeness (QED) is 0.852. The first kappa shape index (κ1) is 10.5. The molecule has 0 atom stereocenters. The minimum absolute atomic E-state index is 0.102. The zero-order chi connectivity index (χ0) is 11.0. The summed E-state index contributed by atoms with van der Waals surface area (Å²) >= 11 is 3.42. The number of ether oxygens (including phenoxy) is 1. The van der Waals surface area contributed by atoms with Crippen LogP contribution in [0.15, 0.2) is 16.6 Å². The molecule has 0 saturated carbocycles. The van der Waals surface area contributed by atoms with E-state index in [4.69, 9.17) is 4.74 Å². The van der Waals surface area contributed by atoms with E-state index in [0.29, 0.717) is 5.92 Å². The summed E-state index contributed by atoms with van der Waals surface area (Å²) in [6, 6.07) is 3.89. The van der Waals surface area contributed by atoms with Crippen LogP contribution in [0.3, 0.4) is 0 Å². The average Bonchev–Trinajstić information content (AvgIpc) is 2.15.